The van der Waals surface area contributed by atoms with Gasteiger partial charge in [0.05, 0.1) is 5.02 Å². The van der Waals surface area contributed by atoms with E-state index in [4.69, 9.17) is 16.0 Å². The molecule has 0 spiro atoms. The Morgan fingerprint density at radius 3 is 2.44 bits per heavy atom. The predicted molar refractivity (Wildman–Crippen MR) is 96.2 cm³/mol. The van der Waals surface area contributed by atoms with E-state index in [0.717, 1.165) is 11.1 Å². The van der Waals surface area contributed by atoms with Gasteiger partial charge in [-0.05, 0) is 37.1 Å². The highest BCUT2D eigenvalue weighted by molar-refractivity contribution is 7.89. The summed E-state index contributed by atoms with van der Waals surface area (Å²) in [6, 6.07) is 14.2. The van der Waals surface area contributed by atoms with Crippen molar-refractivity contribution in [2.45, 2.75) is 23.7 Å². The first-order valence-corrected chi connectivity index (χ1v) is 9.97. The minimum atomic E-state index is -3.57. The number of sulfonamides is 1. The maximum absolute atomic E-state index is 12.8. The molecule has 1 aliphatic heterocycles. The van der Waals surface area contributed by atoms with Crippen molar-refractivity contribution in [3.63, 3.8) is 0 Å². The van der Waals surface area contributed by atoms with Gasteiger partial charge in [0.2, 0.25) is 10.0 Å². The van der Waals surface area contributed by atoms with Crippen molar-refractivity contribution in [3.8, 4) is 0 Å². The van der Waals surface area contributed by atoms with Crippen LogP contribution in [0, 0.1) is 0 Å². The Labute approximate surface area is 151 Å². The molecular formula is C18H17ClN2O3S. The van der Waals surface area contributed by atoms with Crippen molar-refractivity contribution < 1.29 is 12.8 Å². The summed E-state index contributed by atoms with van der Waals surface area (Å²) < 4.78 is 32.9. The summed E-state index contributed by atoms with van der Waals surface area (Å²) in [5, 5.41) is 0.253. The lowest BCUT2D eigenvalue weighted by Crippen LogP contribution is -2.38. The van der Waals surface area contributed by atoms with Crippen LogP contribution in [0.25, 0.3) is 11.1 Å². The zero-order chi connectivity index (χ0) is 17.4. The van der Waals surface area contributed by atoms with Gasteiger partial charge in [-0.1, -0.05) is 35.9 Å². The first kappa shape index (κ1) is 16.6. The number of fused-ring (bicyclic) bond motifs is 1. The second-order valence-electron chi connectivity index (χ2n) is 6.13. The molecular weight excluding hydrogens is 360 g/mol. The Morgan fingerprint density at radius 1 is 1.04 bits per heavy atom. The molecule has 0 radical (unpaired) electrons. The van der Waals surface area contributed by atoms with E-state index < -0.39 is 10.0 Å². The molecule has 7 heteroatoms. The van der Waals surface area contributed by atoms with E-state index in [1.165, 1.54) is 4.31 Å². The van der Waals surface area contributed by atoms with Gasteiger partial charge in [0.1, 0.15) is 10.4 Å². The minimum absolute atomic E-state index is 0.130. The molecule has 5 nitrogen and oxygen atoms in total. The number of rotatable bonds is 3. The van der Waals surface area contributed by atoms with Crippen molar-refractivity contribution in [2.75, 3.05) is 13.1 Å². The quantitative estimate of drug-likeness (QED) is 0.691. The molecule has 0 bridgehead atoms. The van der Waals surface area contributed by atoms with Gasteiger partial charge < -0.3 is 4.42 Å². The molecule has 1 aromatic heterocycles. The smallest absolute Gasteiger partial charge is 0.244 e. The van der Waals surface area contributed by atoms with E-state index >= 15 is 0 Å². The van der Waals surface area contributed by atoms with Crippen molar-refractivity contribution >= 4 is 32.7 Å². The molecule has 0 atom stereocenters. The lowest BCUT2D eigenvalue weighted by atomic mass is 9.98. The summed E-state index contributed by atoms with van der Waals surface area (Å²) in [5.41, 5.74) is 1.60. The third-order valence-electron chi connectivity index (χ3n) is 4.57. The van der Waals surface area contributed by atoms with E-state index in [-0.39, 0.29) is 15.8 Å². The maximum atomic E-state index is 12.8. The molecule has 3 aromatic rings. The summed E-state index contributed by atoms with van der Waals surface area (Å²) in [6.07, 6.45) is 1.35. The lowest BCUT2D eigenvalue weighted by Gasteiger charge is -2.30. The van der Waals surface area contributed by atoms with Crippen LogP contribution in [0.4, 0.5) is 0 Å². The average Bonchev–Trinajstić information content (AvgIpc) is 3.06. The van der Waals surface area contributed by atoms with Crippen LogP contribution in [0.3, 0.4) is 0 Å². The summed E-state index contributed by atoms with van der Waals surface area (Å²) in [5.74, 6) is 0.820. The van der Waals surface area contributed by atoms with Gasteiger partial charge >= 0.3 is 0 Å². The van der Waals surface area contributed by atoms with Crippen LogP contribution in [0.2, 0.25) is 5.02 Å². The Bertz CT molecular complexity index is 975. The highest BCUT2D eigenvalue weighted by Crippen LogP contribution is 2.33. The molecule has 0 aliphatic carbocycles. The topological polar surface area (TPSA) is 63.4 Å². The van der Waals surface area contributed by atoms with Crippen LogP contribution in [-0.2, 0) is 10.0 Å². The number of oxazole rings is 1. The number of hydrogen-bond donors (Lipinski definition) is 0. The molecule has 1 saturated heterocycles. The van der Waals surface area contributed by atoms with Gasteiger partial charge in [0.15, 0.2) is 11.5 Å². The van der Waals surface area contributed by atoms with Crippen molar-refractivity contribution in [2.24, 2.45) is 0 Å². The minimum Gasteiger partial charge on any atom is -0.440 e. The fourth-order valence-corrected chi connectivity index (χ4v) is 5.16. The molecule has 130 valence electrons. The first-order valence-electron chi connectivity index (χ1n) is 8.16. The van der Waals surface area contributed by atoms with Crippen LogP contribution in [0.5, 0.6) is 0 Å². The number of hydrogen-bond acceptors (Lipinski definition) is 4. The number of nitrogens with zero attached hydrogens (tertiary/aromatic N) is 2. The zero-order valence-corrected chi connectivity index (χ0v) is 15.0. The first-order chi connectivity index (χ1) is 12.1. The number of benzene rings is 2. The van der Waals surface area contributed by atoms with Crippen LogP contribution >= 0.6 is 11.6 Å². The molecule has 0 N–H and O–H groups in total. The molecule has 1 fully saturated rings. The summed E-state index contributed by atoms with van der Waals surface area (Å²) in [6.45, 7) is 0.855. The summed E-state index contributed by atoms with van der Waals surface area (Å²) >= 11 is 6.07. The Hall–Kier alpha value is -1.89. The molecule has 1 aliphatic rings. The highest BCUT2D eigenvalue weighted by atomic mass is 35.5. The van der Waals surface area contributed by atoms with Gasteiger partial charge in [0, 0.05) is 19.0 Å². The maximum Gasteiger partial charge on any atom is 0.244 e. The van der Waals surface area contributed by atoms with Gasteiger partial charge in [0.25, 0.3) is 0 Å². The van der Waals surface area contributed by atoms with Gasteiger partial charge in [-0.3, -0.25) is 0 Å². The number of aromatic nitrogens is 1. The molecule has 0 unspecified atom stereocenters. The monoisotopic (exact) mass is 376 g/mol. The van der Waals surface area contributed by atoms with E-state index in [9.17, 15) is 8.42 Å². The van der Waals surface area contributed by atoms with E-state index in [1.54, 1.807) is 24.3 Å². The number of para-hydroxylation sites is 2. The van der Waals surface area contributed by atoms with E-state index in [2.05, 4.69) is 4.98 Å². The SMILES string of the molecule is O=S(=O)(c1ccccc1Cl)N1CCC(c2nc3ccccc3o2)CC1. The molecule has 0 amide bonds. The van der Waals surface area contributed by atoms with E-state index in [0.29, 0.717) is 31.8 Å². The fourth-order valence-electron chi connectivity index (χ4n) is 3.20. The predicted octanol–water partition coefficient (Wildman–Crippen LogP) is 4.05. The third-order valence-corrected chi connectivity index (χ3v) is 6.97. The van der Waals surface area contributed by atoms with Crippen molar-refractivity contribution in [3.05, 3.63) is 59.4 Å². The number of piperidine rings is 1. The molecule has 2 heterocycles. The Kier molecular flexibility index (Phi) is 4.27. The van der Waals surface area contributed by atoms with Crippen LogP contribution in [-0.4, -0.2) is 30.8 Å². The van der Waals surface area contributed by atoms with Crippen LogP contribution < -0.4 is 0 Å². The van der Waals surface area contributed by atoms with E-state index in [1.807, 2.05) is 24.3 Å². The van der Waals surface area contributed by atoms with Gasteiger partial charge in [-0.15, -0.1) is 0 Å². The largest absolute Gasteiger partial charge is 0.440 e. The average molecular weight is 377 g/mol. The normalized spacial score (nSPS) is 17.2. The molecule has 25 heavy (non-hydrogen) atoms. The summed E-state index contributed by atoms with van der Waals surface area (Å²) in [4.78, 5) is 4.70. The zero-order valence-electron chi connectivity index (χ0n) is 13.4. The fraction of sp³-hybridized carbons (Fsp3) is 0.278. The molecule has 0 saturated carbocycles. The second kappa shape index (κ2) is 6.44. The Morgan fingerprint density at radius 2 is 1.72 bits per heavy atom. The molecule has 2 aromatic carbocycles. The lowest BCUT2D eigenvalue weighted by molar-refractivity contribution is 0.293. The van der Waals surface area contributed by atoms with Gasteiger partial charge in [-0.25, -0.2) is 13.4 Å². The standard InChI is InChI=1S/C18H17ClN2O3S/c19-14-5-1-4-8-17(14)25(22,23)21-11-9-13(10-12-21)18-20-15-6-2-3-7-16(15)24-18/h1-8,13H,9-12H2. The summed E-state index contributed by atoms with van der Waals surface area (Å²) in [7, 11) is -3.57. The van der Waals surface area contributed by atoms with Crippen molar-refractivity contribution in [1.82, 2.24) is 9.29 Å². The number of halogens is 1. The highest BCUT2D eigenvalue weighted by Gasteiger charge is 2.32. The second-order valence-corrected chi connectivity index (χ2v) is 8.44. The van der Waals surface area contributed by atoms with Crippen LogP contribution in [0.1, 0.15) is 24.7 Å². The Balaban J connectivity index is 1.52. The molecule has 4 rings (SSSR count). The van der Waals surface area contributed by atoms with Crippen LogP contribution in [0.15, 0.2) is 57.8 Å². The van der Waals surface area contributed by atoms with Gasteiger partial charge in [-0.2, -0.15) is 4.31 Å². The van der Waals surface area contributed by atoms with Crippen molar-refractivity contribution in [1.29, 1.82) is 0 Å². The third kappa shape index (κ3) is 3.05.